The van der Waals surface area contributed by atoms with Gasteiger partial charge in [0, 0.05) is 39.4 Å². The van der Waals surface area contributed by atoms with E-state index in [1.165, 1.54) is 0 Å². The number of carbonyl (C=O) groups excluding carboxylic acids is 1. The number of nitrogens with zero attached hydrogens (tertiary/aromatic N) is 6. The Morgan fingerprint density at radius 2 is 2.25 bits per heavy atom. The second kappa shape index (κ2) is 7.13. The van der Waals surface area contributed by atoms with Gasteiger partial charge in [0.25, 0.3) is 0 Å². The van der Waals surface area contributed by atoms with E-state index in [0.29, 0.717) is 12.2 Å². The normalized spacial score (nSPS) is 15.6. The zero-order chi connectivity index (χ0) is 16.9. The number of aromatic amines is 1. The Kier molecular flexibility index (Phi) is 4.75. The molecular weight excluding hydrogens is 306 g/mol. The molecule has 3 rings (SSSR count). The molecule has 0 saturated carbocycles. The van der Waals surface area contributed by atoms with Gasteiger partial charge in [-0.25, -0.2) is 19.8 Å². The molecule has 0 spiro atoms. The standard InChI is InChI=1S/C16H19N7O/c1-21(16-14-4-6-18-15(14)19-12-20-16)23-8-2-7-22(9-10-23)13(11-24)3-5-17/h4,6,12H,2-3,7-10H2,1H3,(H,18,19,20). The quantitative estimate of drug-likeness (QED) is 0.837. The van der Waals surface area contributed by atoms with E-state index in [1.807, 2.05) is 41.2 Å². The maximum absolute atomic E-state index is 11.1. The van der Waals surface area contributed by atoms with Crippen LogP contribution in [-0.2, 0) is 4.79 Å². The molecule has 1 aliphatic rings. The zero-order valence-electron chi connectivity index (χ0n) is 13.6. The highest BCUT2D eigenvalue weighted by Crippen LogP contribution is 2.23. The van der Waals surface area contributed by atoms with Gasteiger partial charge in [0.2, 0.25) is 0 Å². The average Bonchev–Trinajstić information content (AvgIpc) is 2.96. The number of fused-ring (bicyclic) bond motifs is 1. The third-order valence-electron chi connectivity index (χ3n) is 4.28. The number of anilines is 1. The Hall–Kier alpha value is -2.88. The first-order valence-corrected chi connectivity index (χ1v) is 7.87. The highest BCUT2D eigenvalue weighted by atomic mass is 16.1. The maximum Gasteiger partial charge on any atom is 0.155 e. The summed E-state index contributed by atoms with van der Waals surface area (Å²) < 4.78 is 0. The van der Waals surface area contributed by atoms with Gasteiger partial charge in [0.05, 0.1) is 17.9 Å². The Bertz CT molecular complexity index is 802. The molecule has 3 heterocycles. The first kappa shape index (κ1) is 16.0. The molecule has 8 heteroatoms. The van der Waals surface area contributed by atoms with Crippen molar-refractivity contribution in [1.82, 2.24) is 24.9 Å². The molecule has 0 radical (unpaired) electrons. The summed E-state index contributed by atoms with van der Waals surface area (Å²) in [6.45, 7) is 3.02. The number of hydrazine groups is 1. The van der Waals surface area contributed by atoms with Gasteiger partial charge in [-0.05, 0) is 12.5 Å². The molecule has 1 saturated heterocycles. The lowest BCUT2D eigenvalue weighted by Gasteiger charge is -2.32. The Morgan fingerprint density at radius 1 is 1.38 bits per heavy atom. The van der Waals surface area contributed by atoms with E-state index in [2.05, 4.69) is 20.0 Å². The van der Waals surface area contributed by atoms with Crippen LogP contribution in [0.3, 0.4) is 0 Å². The van der Waals surface area contributed by atoms with Crippen LogP contribution in [0.25, 0.3) is 11.0 Å². The molecular formula is C16H19N7O. The summed E-state index contributed by atoms with van der Waals surface area (Å²) in [6, 6.07) is 3.99. The van der Waals surface area contributed by atoms with E-state index in [1.54, 1.807) is 6.33 Å². The van der Waals surface area contributed by atoms with Crippen LogP contribution in [-0.4, -0.2) is 64.0 Å². The Labute approximate surface area is 140 Å². The summed E-state index contributed by atoms with van der Waals surface area (Å²) in [4.78, 5) is 24.7. The number of aromatic nitrogens is 3. The van der Waals surface area contributed by atoms with Crippen molar-refractivity contribution in [3.63, 3.8) is 0 Å². The molecule has 0 amide bonds. The van der Waals surface area contributed by atoms with Crippen LogP contribution in [0.15, 0.2) is 24.3 Å². The van der Waals surface area contributed by atoms with Gasteiger partial charge in [0.15, 0.2) is 5.82 Å². The van der Waals surface area contributed by atoms with Crippen molar-refractivity contribution < 1.29 is 4.79 Å². The number of hydrogen-bond acceptors (Lipinski definition) is 7. The van der Waals surface area contributed by atoms with Crippen LogP contribution in [0.4, 0.5) is 5.82 Å². The molecule has 2 aromatic rings. The molecule has 124 valence electrons. The minimum atomic E-state index is 0.106. The van der Waals surface area contributed by atoms with Crippen molar-refractivity contribution in [3.05, 3.63) is 24.3 Å². The van der Waals surface area contributed by atoms with Crippen molar-refractivity contribution >= 4 is 22.8 Å². The fourth-order valence-electron chi connectivity index (χ4n) is 3.01. The van der Waals surface area contributed by atoms with Crippen molar-refractivity contribution in [3.8, 4) is 6.07 Å². The summed E-state index contributed by atoms with van der Waals surface area (Å²) in [6.07, 6.45) is 4.40. The maximum atomic E-state index is 11.1. The molecule has 1 fully saturated rings. The van der Waals surface area contributed by atoms with Crippen LogP contribution >= 0.6 is 0 Å². The van der Waals surface area contributed by atoms with Crippen LogP contribution in [0.5, 0.6) is 0 Å². The predicted octanol–water partition coefficient (Wildman–Crippen LogP) is 0.946. The van der Waals surface area contributed by atoms with Crippen molar-refractivity contribution in [1.29, 1.82) is 5.26 Å². The highest BCUT2D eigenvalue weighted by Gasteiger charge is 2.22. The topological polar surface area (TPSA) is 92.2 Å². The molecule has 24 heavy (non-hydrogen) atoms. The molecule has 2 aromatic heterocycles. The Balaban J connectivity index is 1.75. The van der Waals surface area contributed by atoms with Gasteiger partial charge in [-0.1, -0.05) is 0 Å². The number of rotatable bonds is 4. The van der Waals surface area contributed by atoms with E-state index >= 15 is 0 Å². The van der Waals surface area contributed by atoms with Crippen molar-refractivity contribution in [2.24, 2.45) is 0 Å². The average molecular weight is 325 g/mol. The molecule has 1 N–H and O–H groups in total. The highest BCUT2D eigenvalue weighted by molar-refractivity contribution is 5.86. The van der Waals surface area contributed by atoms with Gasteiger partial charge in [-0.15, -0.1) is 0 Å². The molecule has 8 nitrogen and oxygen atoms in total. The number of hydrogen-bond donors (Lipinski definition) is 1. The summed E-state index contributed by atoms with van der Waals surface area (Å²) in [5.74, 6) is 2.76. The van der Waals surface area contributed by atoms with E-state index in [-0.39, 0.29) is 6.42 Å². The van der Waals surface area contributed by atoms with Crippen LogP contribution in [0, 0.1) is 11.3 Å². The summed E-state index contributed by atoms with van der Waals surface area (Å²) in [5, 5.41) is 14.0. The minimum absolute atomic E-state index is 0.106. The van der Waals surface area contributed by atoms with Crippen molar-refractivity contribution in [2.45, 2.75) is 12.8 Å². The molecule has 0 atom stereocenters. The van der Waals surface area contributed by atoms with Gasteiger partial charge >= 0.3 is 0 Å². The molecule has 0 aromatic carbocycles. The van der Waals surface area contributed by atoms with Crippen LogP contribution in [0.1, 0.15) is 12.8 Å². The summed E-state index contributed by atoms with van der Waals surface area (Å²) in [7, 11) is 1.98. The van der Waals surface area contributed by atoms with Gasteiger partial charge < -0.3 is 9.88 Å². The minimum Gasteiger partial charge on any atom is -0.364 e. The van der Waals surface area contributed by atoms with Gasteiger partial charge in [0.1, 0.15) is 23.6 Å². The monoisotopic (exact) mass is 325 g/mol. The van der Waals surface area contributed by atoms with Crippen LogP contribution in [0.2, 0.25) is 0 Å². The summed E-state index contributed by atoms with van der Waals surface area (Å²) >= 11 is 0. The third-order valence-corrected chi connectivity index (χ3v) is 4.28. The van der Waals surface area contributed by atoms with Gasteiger partial charge in [-0.2, -0.15) is 5.26 Å². The fraction of sp³-hybridized carbons (Fsp3) is 0.438. The molecule has 0 unspecified atom stereocenters. The Morgan fingerprint density at radius 3 is 3.04 bits per heavy atom. The second-order valence-electron chi connectivity index (χ2n) is 5.64. The first-order chi connectivity index (χ1) is 11.7. The third kappa shape index (κ3) is 3.08. The molecule has 1 aliphatic heterocycles. The number of allylic oxidation sites excluding steroid dienone is 1. The second-order valence-corrected chi connectivity index (χ2v) is 5.64. The number of H-pyrrole nitrogens is 1. The van der Waals surface area contributed by atoms with E-state index in [4.69, 9.17) is 5.26 Å². The lowest BCUT2D eigenvalue weighted by atomic mass is 10.3. The molecule has 0 aliphatic carbocycles. The summed E-state index contributed by atoms with van der Waals surface area (Å²) in [5.41, 5.74) is 1.25. The van der Waals surface area contributed by atoms with E-state index in [0.717, 1.165) is 42.9 Å². The zero-order valence-corrected chi connectivity index (χ0v) is 13.6. The number of nitriles is 1. The smallest absolute Gasteiger partial charge is 0.155 e. The SMILES string of the molecule is CN(c1ncnc2[nH]ccc12)N1CCCN(C(=C=O)CC#N)CC1. The van der Waals surface area contributed by atoms with Gasteiger partial charge in [-0.3, -0.25) is 5.01 Å². The lowest BCUT2D eigenvalue weighted by Crippen LogP contribution is -2.42. The predicted molar refractivity (Wildman–Crippen MR) is 89.5 cm³/mol. The van der Waals surface area contributed by atoms with Crippen LogP contribution < -0.4 is 5.01 Å². The molecule has 0 bridgehead atoms. The first-order valence-electron chi connectivity index (χ1n) is 7.87. The van der Waals surface area contributed by atoms with E-state index < -0.39 is 0 Å². The lowest BCUT2D eigenvalue weighted by molar-refractivity contribution is 0.268. The van der Waals surface area contributed by atoms with E-state index in [9.17, 15) is 4.79 Å². The fourth-order valence-corrected chi connectivity index (χ4v) is 3.01. The van der Waals surface area contributed by atoms with Crippen molar-refractivity contribution in [2.75, 3.05) is 38.2 Å². The largest absolute Gasteiger partial charge is 0.364 e. The number of nitrogens with one attached hydrogen (secondary N) is 1.